The summed E-state index contributed by atoms with van der Waals surface area (Å²) in [7, 11) is 0. The molecule has 2 rings (SSSR count). The van der Waals surface area contributed by atoms with Gasteiger partial charge in [0.15, 0.2) is 0 Å². The van der Waals surface area contributed by atoms with Gasteiger partial charge < -0.3 is 10.6 Å². The second-order valence-corrected chi connectivity index (χ2v) is 5.31. The van der Waals surface area contributed by atoms with Crippen molar-refractivity contribution in [2.24, 2.45) is 5.92 Å². The van der Waals surface area contributed by atoms with E-state index < -0.39 is 0 Å². The summed E-state index contributed by atoms with van der Waals surface area (Å²) < 4.78 is 0. The quantitative estimate of drug-likeness (QED) is 0.882. The van der Waals surface area contributed by atoms with Crippen LogP contribution in [0, 0.1) is 5.92 Å². The summed E-state index contributed by atoms with van der Waals surface area (Å²) in [6, 6.07) is 7.31. The van der Waals surface area contributed by atoms with Crippen LogP contribution in [-0.2, 0) is 9.59 Å². The van der Waals surface area contributed by atoms with Gasteiger partial charge in [-0.2, -0.15) is 0 Å². The predicted octanol–water partition coefficient (Wildman–Crippen LogP) is 3.55. The molecule has 20 heavy (non-hydrogen) atoms. The summed E-state index contributed by atoms with van der Waals surface area (Å²) >= 11 is 0. The van der Waals surface area contributed by atoms with Crippen molar-refractivity contribution in [3.8, 4) is 0 Å². The van der Waals surface area contributed by atoms with Gasteiger partial charge in [0.2, 0.25) is 11.8 Å². The highest BCUT2D eigenvalue weighted by Crippen LogP contribution is 2.25. The molecule has 0 aliphatic heterocycles. The highest BCUT2D eigenvalue weighted by atomic mass is 16.2. The van der Waals surface area contributed by atoms with E-state index in [4.69, 9.17) is 0 Å². The number of hydrogen-bond donors (Lipinski definition) is 2. The fraction of sp³-hybridized carbons (Fsp3) is 0.500. The van der Waals surface area contributed by atoms with Gasteiger partial charge in [0.25, 0.3) is 0 Å². The highest BCUT2D eigenvalue weighted by molar-refractivity contribution is 5.94. The van der Waals surface area contributed by atoms with Crippen LogP contribution in [0.4, 0.5) is 11.4 Å². The van der Waals surface area contributed by atoms with Crippen LogP contribution in [0.1, 0.15) is 45.4 Å². The molecule has 1 aliphatic carbocycles. The van der Waals surface area contributed by atoms with E-state index in [9.17, 15) is 9.59 Å². The van der Waals surface area contributed by atoms with Crippen molar-refractivity contribution in [3.63, 3.8) is 0 Å². The summed E-state index contributed by atoms with van der Waals surface area (Å²) in [5.41, 5.74) is 1.47. The first-order valence-corrected chi connectivity index (χ1v) is 7.40. The maximum atomic E-state index is 12.2. The molecule has 0 saturated heterocycles. The van der Waals surface area contributed by atoms with Crippen molar-refractivity contribution in [1.29, 1.82) is 0 Å². The van der Waals surface area contributed by atoms with Crippen LogP contribution < -0.4 is 10.6 Å². The lowest BCUT2D eigenvalue weighted by atomic mass is 9.88. The number of carbonyl (C=O) groups excluding carboxylic acids is 2. The first kappa shape index (κ1) is 14.6. The lowest BCUT2D eigenvalue weighted by Crippen LogP contribution is -2.24. The van der Waals surface area contributed by atoms with E-state index >= 15 is 0 Å². The zero-order valence-electron chi connectivity index (χ0n) is 11.9. The third-order valence-corrected chi connectivity index (χ3v) is 3.71. The van der Waals surface area contributed by atoms with E-state index in [1.165, 1.54) is 6.42 Å². The maximum absolute atomic E-state index is 12.2. The van der Waals surface area contributed by atoms with Crippen LogP contribution >= 0.6 is 0 Å². The van der Waals surface area contributed by atoms with Crippen LogP contribution in [0.3, 0.4) is 0 Å². The molecule has 1 aromatic carbocycles. The molecular weight excluding hydrogens is 252 g/mol. The van der Waals surface area contributed by atoms with Crippen LogP contribution in [-0.4, -0.2) is 11.8 Å². The predicted molar refractivity (Wildman–Crippen MR) is 80.6 cm³/mol. The first-order valence-electron chi connectivity index (χ1n) is 7.40. The average Bonchev–Trinajstić information content (AvgIpc) is 2.48. The molecule has 0 heterocycles. The van der Waals surface area contributed by atoms with Crippen LogP contribution in [0.15, 0.2) is 24.3 Å². The normalized spacial score (nSPS) is 15.7. The summed E-state index contributed by atoms with van der Waals surface area (Å²) in [5, 5.41) is 5.75. The van der Waals surface area contributed by atoms with Crippen LogP contribution in [0.25, 0.3) is 0 Å². The molecule has 0 aromatic heterocycles. The number of benzene rings is 1. The molecule has 2 N–H and O–H groups in total. The molecule has 1 fully saturated rings. The van der Waals surface area contributed by atoms with Gasteiger partial charge >= 0.3 is 0 Å². The van der Waals surface area contributed by atoms with E-state index in [1.807, 2.05) is 25.1 Å². The topological polar surface area (TPSA) is 58.2 Å². The van der Waals surface area contributed by atoms with Crippen molar-refractivity contribution in [2.45, 2.75) is 45.4 Å². The van der Waals surface area contributed by atoms with Crippen molar-refractivity contribution in [3.05, 3.63) is 24.3 Å². The number of carbonyl (C=O) groups is 2. The van der Waals surface area contributed by atoms with E-state index in [1.54, 1.807) is 6.07 Å². The maximum Gasteiger partial charge on any atom is 0.227 e. The fourth-order valence-corrected chi connectivity index (χ4v) is 2.53. The summed E-state index contributed by atoms with van der Waals surface area (Å²) in [5.74, 6) is 0.210. The van der Waals surface area contributed by atoms with E-state index in [0.717, 1.165) is 37.1 Å². The van der Waals surface area contributed by atoms with Gasteiger partial charge in [-0.1, -0.05) is 32.3 Å². The minimum atomic E-state index is -0.0271. The average molecular weight is 274 g/mol. The van der Waals surface area contributed by atoms with Crippen molar-refractivity contribution >= 4 is 23.2 Å². The van der Waals surface area contributed by atoms with E-state index in [0.29, 0.717) is 6.42 Å². The highest BCUT2D eigenvalue weighted by Gasteiger charge is 2.20. The Bertz CT molecular complexity index is 479. The van der Waals surface area contributed by atoms with Crippen molar-refractivity contribution in [1.82, 2.24) is 0 Å². The van der Waals surface area contributed by atoms with Gasteiger partial charge in [0, 0.05) is 23.7 Å². The first-order chi connectivity index (χ1) is 9.69. The standard InChI is InChI=1S/C16H22N2O2/c1-2-15(19)17-13-9-6-10-14(11-13)18-16(20)12-7-4-3-5-8-12/h6,9-12H,2-5,7-8H2,1H3,(H,17,19)(H,18,20). The fourth-order valence-electron chi connectivity index (χ4n) is 2.53. The zero-order valence-corrected chi connectivity index (χ0v) is 11.9. The molecule has 4 heteroatoms. The third-order valence-electron chi connectivity index (χ3n) is 3.71. The monoisotopic (exact) mass is 274 g/mol. The second kappa shape index (κ2) is 7.08. The number of rotatable bonds is 4. The number of nitrogens with one attached hydrogen (secondary N) is 2. The third kappa shape index (κ3) is 4.08. The Labute approximate surface area is 119 Å². The second-order valence-electron chi connectivity index (χ2n) is 5.31. The smallest absolute Gasteiger partial charge is 0.227 e. The van der Waals surface area contributed by atoms with E-state index in [2.05, 4.69) is 10.6 Å². The van der Waals surface area contributed by atoms with Gasteiger partial charge in [0.05, 0.1) is 0 Å². The largest absolute Gasteiger partial charge is 0.326 e. The molecule has 0 spiro atoms. The molecule has 0 bridgehead atoms. The Morgan fingerprint density at radius 2 is 1.75 bits per heavy atom. The molecular formula is C16H22N2O2. The molecule has 108 valence electrons. The summed E-state index contributed by atoms with van der Waals surface area (Å²) in [4.78, 5) is 23.5. The number of anilines is 2. The van der Waals surface area contributed by atoms with Gasteiger partial charge in [-0.25, -0.2) is 0 Å². The van der Waals surface area contributed by atoms with Crippen molar-refractivity contribution in [2.75, 3.05) is 10.6 Å². The Morgan fingerprint density at radius 3 is 2.40 bits per heavy atom. The minimum absolute atomic E-state index is 0.0271. The Hall–Kier alpha value is -1.84. The van der Waals surface area contributed by atoms with Crippen LogP contribution in [0.5, 0.6) is 0 Å². The molecule has 0 atom stereocenters. The van der Waals surface area contributed by atoms with Gasteiger partial charge in [-0.15, -0.1) is 0 Å². The molecule has 0 radical (unpaired) electrons. The summed E-state index contributed by atoms with van der Waals surface area (Å²) in [6.07, 6.45) is 5.94. The Kier molecular flexibility index (Phi) is 5.16. The zero-order chi connectivity index (χ0) is 14.4. The molecule has 4 nitrogen and oxygen atoms in total. The molecule has 1 aromatic rings. The lowest BCUT2D eigenvalue weighted by Gasteiger charge is -2.20. The SMILES string of the molecule is CCC(=O)Nc1cccc(NC(=O)C2CCCCC2)c1. The Morgan fingerprint density at radius 1 is 1.10 bits per heavy atom. The summed E-state index contributed by atoms with van der Waals surface area (Å²) in [6.45, 7) is 1.81. The van der Waals surface area contributed by atoms with Crippen LogP contribution in [0.2, 0.25) is 0 Å². The molecule has 1 aliphatic rings. The van der Waals surface area contributed by atoms with E-state index in [-0.39, 0.29) is 17.7 Å². The molecule has 0 unspecified atom stereocenters. The van der Waals surface area contributed by atoms with Gasteiger partial charge in [-0.3, -0.25) is 9.59 Å². The molecule has 2 amide bonds. The van der Waals surface area contributed by atoms with Gasteiger partial charge in [-0.05, 0) is 31.0 Å². The lowest BCUT2D eigenvalue weighted by molar-refractivity contribution is -0.120. The van der Waals surface area contributed by atoms with Crippen molar-refractivity contribution < 1.29 is 9.59 Å². The Balaban J connectivity index is 1.96. The molecule has 1 saturated carbocycles. The number of amides is 2. The minimum Gasteiger partial charge on any atom is -0.326 e. The van der Waals surface area contributed by atoms with Gasteiger partial charge in [0.1, 0.15) is 0 Å². The number of hydrogen-bond acceptors (Lipinski definition) is 2.